The van der Waals surface area contributed by atoms with Gasteiger partial charge in [0, 0.05) is 31.7 Å². The lowest BCUT2D eigenvalue weighted by atomic mass is 9.82. The van der Waals surface area contributed by atoms with Crippen molar-refractivity contribution in [2.75, 3.05) is 26.2 Å². The predicted molar refractivity (Wildman–Crippen MR) is 115 cm³/mol. The molecule has 2 atom stereocenters. The van der Waals surface area contributed by atoms with Gasteiger partial charge in [0.25, 0.3) is 0 Å². The second kappa shape index (κ2) is 9.76. The SMILES string of the molecule is CCNC(=NCCCc1c(C)noc1C)N1CCC(c2ccccc2)C(C)C1. The Labute approximate surface area is 169 Å². The first kappa shape index (κ1) is 20.4. The van der Waals surface area contributed by atoms with Crippen LogP contribution in [0.15, 0.2) is 39.8 Å². The van der Waals surface area contributed by atoms with Crippen LogP contribution in [0.3, 0.4) is 0 Å². The quantitative estimate of drug-likeness (QED) is 0.459. The first-order valence-corrected chi connectivity index (χ1v) is 10.6. The van der Waals surface area contributed by atoms with Crippen LogP contribution in [0.1, 0.15) is 55.2 Å². The molecule has 3 rings (SSSR count). The highest BCUT2D eigenvalue weighted by molar-refractivity contribution is 5.80. The fourth-order valence-corrected chi connectivity index (χ4v) is 4.26. The number of guanidine groups is 1. The molecule has 0 bridgehead atoms. The molecule has 5 nitrogen and oxygen atoms in total. The number of aliphatic imine (C=N–C) groups is 1. The van der Waals surface area contributed by atoms with Crippen LogP contribution in [0.4, 0.5) is 0 Å². The van der Waals surface area contributed by atoms with E-state index < -0.39 is 0 Å². The van der Waals surface area contributed by atoms with Gasteiger partial charge < -0.3 is 14.7 Å². The van der Waals surface area contributed by atoms with Crippen molar-refractivity contribution in [2.45, 2.75) is 52.9 Å². The van der Waals surface area contributed by atoms with E-state index in [-0.39, 0.29) is 0 Å². The lowest BCUT2D eigenvalue weighted by Gasteiger charge is -2.39. The van der Waals surface area contributed by atoms with Crippen molar-refractivity contribution in [3.8, 4) is 0 Å². The van der Waals surface area contributed by atoms with E-state index in [4.69, 9.17) is 9.52 Å². The zero-order chi connectivity index (χ0) is 19.9. The number of aryl methyl sites for hydroxylation is 2. The molecule has 1 aliphatic heterocycles. The summed E-state index contributed by atoms with van der Waals surface area (Å²) in [4.78, 5) is 7.34. The van der Waals surface area contributed by atoms with Crippen molar-refractivity contribution in [1.29, 1.82) is 0 Å². The van der Waals surface area contributed by atoms with Gasteiger partial charge in [0.1, 0.15) is 5.76 Å². The topological polar surface area (TPSA) is 53.7 Å². The van der Waals surface area contributed by atoms with Crippen LogP contribution in [-0.4, -0.2) is 42.2 Å². The highest BCUT2D eigenvalue weighted by atomic mass is 16.5. The number of hydrogen-bond donors (Lipinski definition) is 1. The van der Waals surface area contributed by atoms with Crippen molar-refractivity contribution in [2.24, 2.45) is 10.9 Å². The fourth-order valence-electron chi connectivity index (χ4n) is 4.26. The van der Waals surface area contributed by atoms with Crippen LogP contribution in [0.25, 0.3) is 0 Å². The van der Waals surface area contributed by atoms with E-state index in [0.717, 1.165) is 56.4 Å². The summed E-state index contributed by atoms with van der Waals surface area (Å²) >= 11 is 0. The first-order valence-electron chi connectivity index (χ1n) is 10.6. The molecule has 1 aliphatic rings. The number of aromatic nitrogens is 1. The van der Waals surface area contributed by atoms with Gasteiger partial charge >= 0.3 is 0 Å². The number of nitrogens with zero attached hydrogens (tertiary/aromatic N) is 3. The molecule has 1 N–H and O–H groups in total. The summed E-state index contributed by atoms with van der Waals surface area (Å²) in [7, 11) is 0. The van der Waals surface area contributed by atoms with Crippen LogP contribution in [0.5, 0.6) is 0 Å². The highest BCUT2D eigenvalue weighted by Gasteiger charge is 2.28. The molecule has 1 aromatic carbocycles. The second-order valence-electron chi connectivity index (χ2n) is 7.87. The second-order valence-corrected chi connectivity index (χ2v) is 7.87. The van der Waals surface area contributed by atoms with Gasteiger partial charge in [-0.2, -0.15) is 0 Å². The van der Waals surface area contributed by atoms with Crippen LogP contribution in [0, 0.1) is 19.8 Å². The summed E-state index contributed by atoms with van der Waals surface area (Å²) in [6.45, 7) is 12.3. The van der Waals surface area contributed by atoms with Crippen LogP contribution >= 0.6 is 0 Å². The monoisotopic (exact) mass is 382 g/mol. The zero-order valence-electron chi connectivity index (χ0n) is 17.7. The molecule has 0 saturated carbocycles. The third kappa shape index (κ3) is 4.94. The van der Waals surface area contributed by atoms with Crippen molar-refractivity contribution in [3.63, 3.8) is 0 Å². The van der Waals surface area contributed by atoms with Gasteiger partial charge in [-0.15, -0.1) is 0 Å². The predicted octanol–water partition coefficient (Wildman–Crippen LogP) is 4.32. The standard InChI is InChI=1S/C23H34N4O/c1-5-24-23(25-14-9-12-22-18(3)26-28-19(22)4)27-15-13-21(17(2)16-27)20-10-7-6-8-11-20/h6-8,10-11,17,21H,5,9,12-16H2,1-4H3,(H,24,25). The van der Waals surface area contributed by atoms with Crippen molar-refractivity contribution < 1.29 is 4.52 Å². The van der Waals surface area contributed by atoms with E-state index in [1.165, 1.54) is 17.5 Å². The number of hydrogen-bond acceptors (Lipinski definition) is 3. The molecule has 0 spiro atoms. The largest absolute Gasteiger partial charge is 0.361 e. The Kier molecular flexibility index (Phi) is 7.12. The molecular formula is C23H34N4O. The normalized spacial score (nSPS) is 20.4. The molecule has 0 aliphatic carbocycles. The smallest absolute Gasteiger partial charge is 0.193 e. The minimum absolute atomic E-state index is 0.613. The van der Waals surface area contributed by atoms with Gasteiger partial charge in [-0.3, -0.25) is 4.99 Å². The molecule has 2 unspecified atom stereocenters. The van der Waals surface area contributed by atoms with Gasteiger partial charge in [0.2, 0.25) is 0 Å². The van der Waals surface area contributed by atoms with Crippen LogP contribution in [0.2, 0.25) is 0 Å². The number of piperidine rings is 1. The first-order chi connectivity index (χ1) is 13.6. The third-order valence-corrected chi connectivity index (χ3v) is 5.80. The van der Waals surface area contributed by atoms with E-state index in [1.54, 1.807) is 0 Å². The summed E-state index contributed by atoms with van der Waals surface area (Å²) in [5, 5.41) is 7.53. The van der Waals surface area contributed by atoms with E-state index in [0.29, 0.717) is 11.8 Å². The average Bonchev–Trinajstić information content (AvgIpc) is 3.02. The number of nitrogens with one attached hydrogen (secondary N) is 1. The van der Waals surface area contributed by atoms with Gasteiger partial charge in [-0.25, -0.2) is 0 Å². The Morgan fingerprint density at radius 3 is 2.71 bits per heavy atom. The number of likely N-dealkylation sites (tertiary alicyclic amines) is 1. The molecule has 28 heavy (non-hydrogen) atoms. The summed E-state index contributed by atoms with van der Waals surface area (Å²) < 4.78 is 5.26. The Balaban J connectivity index is 1.57. The Hall–Kier alpha value is -2.30. The lowest BCUT2D eigenvalue weighted by molar-refractivity contribution is 0.234. The third-order valence-electron chi connectivity index (χ3n) is 5.80. The Morgan fingerprint density at radius 1 is 1.29 bits per heavy atom. The van der Waals surface area contributed by atoms with Crippen molar-refractivity contribution in [3.05, 3.63) is 52.9 Å². The number of benzene rings is 1. The van der Waals surface area contributed by atoms with E-state index in [1.807, 2.05) is 13.8 Å². The van der Waals surface area contributed by atoms with Crippen LogP contribution < -0.4 is 5.32 Å². The molecule has 1 fully saturated rings. The molecule has 152 valence electrons. The lowest BCUT2D eigenvalue weighted by Crippen LogP contribution is -2.48. The van der Waals surface area contributed by atoms with E-state index in [2.05, 4.69) is 59.6 Å². The Morgan fingerprint density at radius 2 is 2.07 bits per heavy atom. The molecule has 1 saturated heterocycles. The maximum Gasteiger partial charge on any atom is 0.193 e. The molecule has 2 heterocycles. The van der Waals surface area contributed by atoms with E-state index in [9.17, 15) is 0 Å². The van der Waals surface area contributed by atoms with Gasteiger partial charge in [0.15, 0.2) is 5.96 Å². The Bertz CT molecular complexity index is 749. The van der Waals surface area contributed by atoms with E-state index >= 15 is 0 Å². The minimum Gasteiger partial charge on any atom is -0.361 e. The van der Waals surface area contributed by atoms with Gasteiger partial charge in [0.05, 0.1) is 5.69 Å². The van der Waals surface area contributed by atoms with Crippen LogP contribution in [-0.2, 0) is 6.42 Å². The maximum atomic E-state index is 5.26. The molecule has 2 aromatic rings. The minimum atomic E-state index is 0.613. The summed E-state index contributed by atoms with van der Waals surface area (Å²) in [6.07, 6.45) is 3.15. The average molecular weight is 383 g/mol. The van der Waals surface area contributed by atoms with Gasteiger partial charge in [-0.1, -0.05) is 42.4 Å². The zero-order valence-corrected chi connectivity index (χ0v) is 17.7. The molecule has 5 heteroatoms. The molecular weight excluding hydrogens is 348 g/mol. The molecule has 1 aromatic heterocycles. The van der Waals surface area contributed by atoms with Crippen molar-refractivity contribution >= 4 is 5.96 Å². The summed E-state index contributed by atoms with van der Waals surface area (Å²) in [5.74, 6) is 3.24. The molecule has 0 amide bonds. The maximum absolute atomic E-state index is 5.26. The summed E-state index contributed by atoms with van der Waals surface area (Å²) in [5.41, 5.74) is 3.71. The van der Waals surface area contributed by atoms with Gasteiger partial charge in [-0.05, 0) is 57.4 Å². The fraction of sp³-hybridized carbons (Fsp3) is 0.565. The summed E-state index contributed by atoms with van der Waals surface area (Å²) in [6, 6.07) is 10.9. The number of rotatable bonds is 6. The molecule has 0 radical (unpaired) electrons. The highest BCUT2D eigenvalue weighted by Crippen LogP contribution is 2.32. The van der Waals surface area contributed by atoms with Crippen molar-refractivity contribution in [1.82, 2.24) is 15.4 Å².